The largest absolute Gasteiger partial charge is 0.395 e. The molecular formula is C16H18ClN7O. The summed E-state index contributed by atoms with van der Waals surface area (Å²) in [6.45, 7) is 0.889. The van der Waals surface area contributed by atoms with Crippen LogP contribution in [0.4, 0.5) is 17.6 Å². The molecule has 0 aliphatic carbocycles. The maximum absolute atomic E-state index is 9.01. The smallest absolute Gasteiger partial charge is 0.225 e. The normalized spacial score (nSPS) is 10.7. The average Bonchev–Trinajstić information content (AvgIpc) is 2.65. The number of anilines is 3. The highest BCUT2D eigenvalue weighted by Gasteiger charge is 2.14. The molecule has 130 valence electrons. The van der Waals surface area contributed by atoms with E-state index in [0.29, 0.717) is 41.7 Å². The number of nitrogens with one attached hydrogen (secondary N) is 3. The highest BCUT2D eigenvalue weighted by atomic mass is 35.5. The number of halogens is 1. The first-order chi connectivity index (χ1) is 12.2. The summed E-state index contributed by atoms with van der Waals surface area (Å²) < 4.78 is 0. The summed E-state index contributed by atoms with van der Waals surface area (Å²) in [4.78, 5) is 17.3. The van der Waals surface area contributed by atoms with Gasteiger partial charge in [0.05, 0.1) is 6.61 Å². The van der Waals surface area contributed by atoms with Gasteiger partial charge in [0.25, 0.3) is 0 Å². The average molecular weight is 360 g/mol. The Bertz CT molecular complexity index is 860. The number of aliphatic hydroxyl groups excluding tert-OH is 1. The number of hydrogen-bond donors (Lipinski definition) is 4. The highest BCUT2D eigenvalue weighted by molar-refractivity contribution is 6.29. The zero-order valence-electron chi connectivity index (χ0n) is 13.6. The summed E-state index contributed by atoms with van der Waals surface area (Å²) in [5.74, 6) is 1.42. The Morgan fingerprint density at radius 2 is 1.72 bits per heavy atom. The van der Waals surface area contributed by atoms with E-state index in [1.807, 2.05) is 30.3 Å². The van der Waals surface area contributed by atoms with Gasteiger partial charge in [0.15, 0.2) is 11.6 Å². The van der Waals surface area contributed by atoms with Crippen LogP contribution in [0.15, 0.2) is 30.3 Å². The predicted octanol–water partition coefficient (Wildman–Crippen LogP) is 2.13. The van der Waals surface area contributed by atoms with Gasteiger partial charge in [-0.25, -0.2) is 9.97 Å². The molecule has 0 saturated heterocycles. The molecule has 25 heavy (non-hydrogen) atoms. The third-order valence-electron chi connectivity index (χ3n) is 3.45. The zero-order valence-corrected chi connectivity index (χ0v) is 14.4. The van der Waals surface area contributed by atoms with Gasteiger partial charge in [-0.15, -0.1) is 0 Å². The van der Waals surface area contributed by atoms with Crippen molar-refractivity contribution in [3.05, 3.63) is 41.2 Å². The number of hydrogen-bond acceptors (Lipinski definition) is 8. The quantitative estimate of drug-likeness (QED) is 0.475. The summed E-state index contributed by atoms with van der Waals surface area (Å²) >= 11 is 6.02. The molecule has 0 radical (unpaired) electrons. The third-order valence-corrected chi connectivity index (χ3v) is 3.62. The fourth-order valence-electron chi connectivity index (χ4n) is 2.31. The van der Waals surface area contributed by atoms with E-state index in [1.54, 1.807) is 7.05 Å². The van der Waals surface area contributed by atoms with Crippen LogP contribution in [0.2, 0.25) is 5.28 Å². The van der Waals surface area contributed by atoms with Gasteiger partial charge in [0, 0.05) is 20.1 Å². The Labute approximate surface area is 149 Å². The molecule has 0 saturated carbocycles. The lowest BCUT2D eigenvalue weighted by molar-refractivity contribution is 0.311. The van der Waals surface area contributed by atoms with E-state index >= 15 is 0 Å². The minimum absolute atomic E-state index is 0.0236. The number of fused-ring (bicyclic) bond motifs is 1. The van der Waals surface area contributed by atoms with Crippen LogP contribution in [0.5, 0.6) is 0 Å². The first kappa shape index (κ1) is 17.1. The third kappa shape index (κ3) is 4.04. The number of nitrogens with zero attached hydrogens (tertiary/aromatic N) is 4. The van der Waals surface area contributed by atoms with Crippen LogP contribution in [0, 0.1) is 0 Å². The molecule has 4 N–H and O–H groups in total. The van der Waals surface area contributed by atoms with Crippen molar-refractivity contribution in [3.8, 4) is 0 Å². The molecule has 8 nitrogen and oxygen atoms in total. The second kappa shape index (κ2) is 7.91. The Hall–Kier alpha value is -2.71. The van der Waals surface area contributed by atoms with Crippen LogP contribution in [-0.2, 0) is 6.54 Å². The summed E-state index contributed by atoms with van der Waals surface area (Å²) in [7, 11) is 1.73. The SMILES string of the molecule is CNc1nc(Cl)nc2c(NCc3ccccc3)nc(NCCO)nc12. The van der Waals surface area contributed by atoms with Crippen LogP contribution in [0.25, 0.3) is 11.0 Å². The van der Waals surface area contributed by atoms with Gasteiger partial charge in [-0.3, -0.25) is 0 Å². The molecule has 0 atom stereocenters. The van der Waals surface area contributed by atoms with Gasteiger partial charge in [0.1, 0.15) is 11.0 Å². The lowest BCUT2D eigenvalue weighted by atomic mass is 10.2. The van der Waals surface area contributed by atoms with Crippen molar-refractivity contribution in [2.24, 2.45) is 0 Å². The van der Waals surface area contributed by atoms with E-state index in [9.17, 15) is 0 Å². The van der Waals surface area contributed by atoms with Gasteiger partial charge in [-0.1, -0.05) is 30.3 Å². The monoisotopic (exact) mass is 359 g/mol. The van der Waals surface area contributed by atoms with E-state index in [2.05, 4.69) is 35.9 Å². The van der Waals surface area contributed by atoms with Crippen LogP contribution in [-0.4, -0.2) is 45.2 Å². The Kier molecular flexibility index (Phi) is 5.42. The molecule has 9 heteroatoms. The number of aromatic nitrogens is 4. The molecule has 0 fully saturated rings. The molecule has 3 aromatic rings. The summed E-state index contributed by atoms with van der Waals surface area (Å²) in [5.41, 5.74) is 2.17. The number of rotatable bonds is 7. The summed E-state index contributed by atoms with van der Waals surface area (Å²) in [5, 5.41) is 18.3. The van der Waals surface area contributed by atoms with Gasteiger partial charge < -0.3 is 21.1 Å². The van der Waals surface area contributed by atoms with Crippen LogP contribution in [0.3, 0.4) is 0 Å². The Morgan fingerprint density at radius 3 is 2.44 bits per heavy atom. The minimum Gasteiger partial charge on any atom is -0.395 e. The second-order valence-electron chi connectivity index (χ2n) is 5.17. The van der Waals surface area contributed by atoms with E-state index in [4.69, 9.17) is 16.7 Å². The molecule has 1 aromatic carbocycles. The molecule has 0 spiro atoms. The maximum atomic E-state index is 9.01. The Balaban J connectivity index is 2.02. The van der Waals surface area contributed by atoms with Crippen LogP contribution >= 0.6 is 11.6 Å². The molecule has 3 rings (SSSR count). The fraction of sp³-hybridized carbons (Fsp3) is 0.250. The van der Waals surface area contributed by atoms with E-state index in [0.717, 1.165) is 5.56 Å². The topological polar surface area (TPSA) is 108 Å². The standard InChI is InChI=1S/C16H18ClN7O/c1-18-13-11-12(21-15(17)23-13)14(24-16(22-11)19-7-8-25)20-9-10-5-3-2-4-6-10/h2-6,25H,7-9H2,1H3,(H,18,21,23)(H2,19,20,22,24). The Morgan fingerprint density at radius 1 is 0.960 bits per heavy atom. The molecule has 0 bridgehead atoms. The fourth-order valence-corrected chi connectivity index (χ4v) is 2.48. The van der Waals surface area contributed by atoms with Gasteiger partial charge in [-0.2, -0.15) is 9.97 Å². The van der Waals surface area contributed by atoms with Gasteiger partial charge in [0.2, 0.25) is 11.2 Å². The molecule has 0 aliphatic heterocycles. The zero-order chi connectivity index (χ0) is 17.6. The highest BCUT2D eigenvalue weighted by Crippen LogP contribution is 2.26. The van der Waals surface area contributed by atoms with Crippen molar-refractivity contribution in [3.63, 3.8) is 0 Å². The van der Waals surface area contributed by atoms with Gasteiger partial charge in [-0.05, 0) is 17.2 Å². The molecule has 2 aromatic heterocycles. The lowest BCUT2D eigenvalue weighted by Gasteiger charge is -2.13. The first-order valence-corrected chi connectivity index (χ1v) is 8.14. The molecular weight excluding hydrogens is 342 g/mol. The van der Waals surface area contributed by atoms with Crippen LogP contribution < -0.4 is 16.0 Å². The molecule has 0 amide bonds. The van der Waals surface area contributed by atoms with E-state index < -0.39 is 0 Å². The molecule has 0 aliphatic rings. The van der Waals surface area contributed by atoms with Crippen molar-refractivity contribution >= 4 is 40.2 Å². The maximum Gasteiger partial charge on any atom is 0.225 e. The first-order valence-electron chi connectivity index (χ1n) is 7.77. The minimum atomic E-state index is -0.0236. The van der Waals surface area contributed by atoms with Crippen LogP contribution in [0.1, 0.15) is 5.56 Å². The number of benzene rings is 1. The van der Waals surface area contributed by atoms with Crippen molar-refractivity contribution in [2.45, 2.75) is 6.54 Å². The van der Waals surface area contributed by atoms with E-state index in [-0.39, 0.29) is 11.9 Å². The number of aliphatic hydroxyl groups is 1. The van der Waals surface area contributed by atoms with Crippen molar-refractivity contribution in [1.82, 2.24) is 19.9 Å². The predicted molar refractivity (Wildman–Crippen MR) is 99.0 cm³/mol. The van der Waals surface area contributed by atoms with E-state index in [1.165, 1.54) is 0 Å². The summed E-state index contributed by atoms with van der Waals surface area (Å²) in [6.07, 6.45) is 0. The molecule has 2 heterocycles. The summed E-state index contributed by atoms with van der Waals surface area (Å²) in [6, 6.07) is 9.94. The van der Waals surface area contributed by atoms with Crippen molar-refractivity contribution in [1.29, 1.82) is 0 Å². The van der Waals surface area contributed by atoms with Crippen molar-refractivity contribution < 1.29 is 5.11 Å². The lowest BCUT2D eigenvalue weighted by Crippen LogP contribution is -2.12. The van der Waals surface area contributed by atoms with Gasteiger partial charge >= 0.3 is 0 Å². The molecule has 0 unspecified atom stereocenters. The van der Waals surface area contributed by atoms with Crippen molar-refractivity contribution in [2.75, 3.05) is 36.1 Å². The second-order valence-corrected chi connectivity index (χ2v) is 5.51.